The highest BCUT2D eigenvalue weighted by Gasteiger charge is 2.13. The van der Waals surface area contributed by atoms with Crippen LogP contribution in [0.2, 0.25) is 0 Å². The van der Waals surface area contributed by atoms with Crippen molar-refractivity contribution < 1.29 is 0 Å². The van der Waals surface area contributed by atoms with Crippen LogP contribution < -0.4 is 16.2 Å². The zero-order chi connectivity index (χ0) is 12.3. The minimum atomic E-state index is -0.117. The molecule has 0 aliphatic carbocycles. The van der Waals surface area contributed by atoms with Crippen molar-refractivity contribution in [3.8, 4) is 0 Å². The molecule has 0 amide bonds. The van der Waals surface area contributed by atoms with E-state index in [4.69, 9.17) is 0 Å². The normalized spacial score (nSPS) is 19.5. The number of nitrogens with zero attached hydrogens (tertiary/aromatic N) is 2. The fourth-order valence-electron chi connectivity index (χ4n) is 2.02. The molecule has 1 aromatic rings. The van der Waals surface area contributed by atoms with E-state index in [0.717, 1.165) is 25.2 Å². The lowest BCUT2D eigenvalue weighted by atomic mass is 10.1. The van der Waals surface area contributed by atoms with Crippen LogP contribution in [0.5, 0.6) is 0 Å². The molecule has 0 spiro atoms. The van der Waals surface area contributed by atoms with Crippen LogP contribution in [0.25, 0.3) is 0 Å². The Balaban J connectivity index is 1.90. The zero-order valence-electron chi connectivity index (χ0n) is 9.87. The average molecular weight is 301 g/mol. The molecule has 17 heavy (non-hydrogen) atoms. The van der Waals surface area contributed by atoms with Crippen LogP contribution in [0.15, 0.2) is 15.5 Å². The molecular formula is C11H17BrN4O. The Bertz CT molecular complexity index is 440. The summed E-state index contributed by atoms with van der Waals surface area (Å²) in [5.41, 5.74) is 0.653. The Morgan fingerprint density at radius 1 is 1.71 bits per heavy atom. The summed E-state index contributed by atoms with van der Waals surface area (Å²) in [5.74, 6) is 0. The molecule has 0 saturated carbocycles. The van der Waals surface area contributed by atoms with E-state index in [2.05, 4.69) is 31.7 Å². The molecule has 1 fully saturated rings. The van der Waals surface area contributed by atoms with E-state index in [1.165, 1.54) is 17.5 Å². The van der Waals surface area contributed by atoms with Crippen molar-refractivity contribution in [2.75, 3.05) is 18.4 Å². The maximum atomic E-state index is 11.6. The SMILES string of the molecule is Cn1ncc(NCCC2CCCN2)c(Br)c1=O. The number of aryl methyl sites for hydroxylation is 1. The van der Waals surface area contributed by atoms with Crippen molar-refractivity contribution in [1.29, 1.82) is 0 Å². The van der Waals surface area contributed by atoms with Gasteiger partial charge in [0.2, 0.25) is 0 Å². The van der Waals surface area contributed by atoms with Gasteiger partial charge in [-0.3, -0.25) is 4.79 Å². The number of hydrogen-bond acceptors (Lipinski definition) is 4. The molecule has 2 N–H and O–H groups in total. The quantitative estimate of drug-likeness (QED) is 0.874. The fraction of sp³-hybridized carbons (Fsp3) is 0.636. The first kappa shape index (κ1) is 12.6. The number of rotatable bonds is 4. The molecule has 1 unspecified atom stereocenters. The molecule has 2 heterocycles. The number of halogens is 1. The van der Waals surface area contributed by atoms with Crippen LogP contribution in [-0.2, 0) is 7.05 Å². The first-order valence-corrected chi connectivity index (χ1v) is 6.67. The minimum Gasteiger partial charge on any atom is -0.383 e. The maximum absolute atomic E-state index is 11.6. The highest BCUT2D eigenvalue weighted by Crippen LogP contribution is 2.16. The molecule has 1 atom stereocenters. The summed E-state index contributed by atoms with van der Waals surface area (Å²) < 4.78 is 1.86. The van der Waals surface area contributed by atoms with E-state index in [-0.39, 0.29) is 5.56 Å². The first-order valence-electron chi connectivity index (χ1n) is 5.87. The second-order valence-electron chi connectivity index (χ2n) is 4.31. The summed E-state index contributed by atoms with van der Waals surface area (Å²) in [6, 6.07) is 0.612. The van der Waals surface area contributed by atoms with Gasteiger partial charge in [-0.05, 0) is 41.7 Å². The highest BCUT2D eigenvalue weighted by molar-refractivity contribution is 9.10. The molecule has 0 radical (unpaired) electrons. The summed E-state index contributed by atoms with van der Waals surface area (Å²) in [5, 5.41) is 10.7. The van der Waals surface area contributed by atoms with Crippen molar-refractivity contribution in [2.24, 2.45) is 7.05 Å². The van der Waals surface area contributed by atoms with Crippen molar-refractivity contribution in [1.82, 2.24) is 15.1 Å². The molecule has 94 valence electrons. The maximum Gasteiger partial charge on any atom is 0.282 e. The highest BCUT2D eigenvalue weighted by atomic mass is 79.9. The van der Waals surface area contributed by atoms with E-state index in [9.17, 15) is 4.79 Å². The summed E-state index contributed by atoms with van der Waals surface area (Å²) in [6.45, 7) is 1.98. The van der Waals surface area contributed by atoms with Gasteiger partial charge in [0.25, 0.3) is 5.56 Å². The molecule has 1 aliphatic heterocycles. The molecule has 1 aliphatic rings. The summed E-state index contributed by atoms with van der Waals surface area (Å²) in [6.07, 6.45) is 5.26. The van der Waals surface area contributed by atoms with Gasteiger partial charge in [0.1, 0.15) is 4.47 Å². The van der Waals surface area contributed by atoms with Crippen LogP contribution in [0.4, 0.5) is 5.69 Å². The second kappa shape index (κ2) is 5.64. The lowest BCUT2D eigenvalue weighted by Crippen LogP contribution is -2.25. The molecule has 1 saturated heterocycles. The first-order chi connectivity index (χ1) is 8.18. The summed E-state index contributed by atoms with van der Waals surface area (Å²) in [4.78, 5) is 11.6. The standard InChI is InChI=1S/C11H17BrN4O/c1-16-11(17)10(12)9(7-15-16)14-6-4-8-3-2-5-13-8/h7-8,13-14H,2-6H2,1H3. The van der Waals surface area contributed by atoms with Gasteiger partial charge in [0.15, 0.2) is 0 Å². The van der Waals surface area contributed by atoms with E-state index in [0.29, 0.717) is 10.5 Å². The monoisotopic (exact) mass is 300 g/mol. The van der Waals surface area contributed by atoms with Gasteiger partial charge in [0, 0.05) is 19.6 Å². The van der Waals surface area contributed by atoms with Crippen LogP contribution in [-0.4, -0.2) is 28.9 Å². The third-order valence-electron chi connectivity index (χ3n) is 3.05. The van der Waals surface area contributed by atoms with Gasteiger partial charge in [0.05, 0.1) is 11.9 Å². The van der Waals surface area contributed by atoms with Crippen LogP contribution in [0, 0.1) is 0 Å². The lowest BCUT2D eigenvalue weighted by molar-refractivity contribution is 0.574. The average Bonchev–Trinajstić information content (AvgIpc) is 2.82. The summed E-state index contributed by atoms with van der Waals surface area (Å²) >= 11 is 3.29. The van der Waals surface area contributed by atoms with Gasteiger partial charge < -0.3 is 10.6 Å². The Labute approximate surface area is 109 Å². The third-order valence-corrected chi connectivity index (χ3v) is 3.82. The second-order valence-corrected chi connectivity index (χ2v) is 5.10. The molecule has 0 aromatic carbocycles. The lowest BCUT2D eigenvalue weighted by Gasteiger charge is -2.12. The van der Waals surface area contributed by atoms with Crippen LogP contribution in [0.3, 0.4) is 0 Å². The van der Waals surface area contributed by atoms with Gasteiger partial charge in [-0.25, -0.2) is 4.68 Å². The number of nitrogens with one attached hydrogen (secondary N) is 2. The molecule has 2 rings (SSSR count). The van der Waals surface area contributed by atoms with E-state index >= 15 is 0 Å². The van der Waals surface area contributed by atoms with Crippen molar-refractivity contribution in [3.05, 3.63) is 21.0 Å². The Hall–Kier alpha value is -0.880. The molecular weight excluding hydrogens is 284 g/mol. The van der Waals surface area contributed by atoms with Crippen molar-refractivity contribution >= 4 is 21.6 Å². The van der Waals surface area contributed by atoms with Crippen LogP contribution in [0.1, 0.15) is 19.3 Å². The topological polar surface area (TPSA) is 59.0 Å². The van der Waals surface area contributed by atoms with Gasteiger partial charge in [-0.2, -0.15) is 5.10 Å². The Morgan fingerprint density at radius 3 is 3.24 bits per heavy atom. The molecule has 5 nitrogen and oxygen atoms in total. The molecule has 0 bridgehead atoms. The minimum absolute atomic E-state index is 0.117. The number of hydrogen-bond donors (Lipinski definition) is 2. The Morgan fingerprint density at radius 2 is 2.53 bits per heavy atom. The fourth-order valence-corrected chi connectivity index (χ4v) is 2.52. The Kier molecular flexibility index (Phi) is 4.17. The van der Waals surface area contributed by atoms with Crippen molar-refractivity contribution in [3.63, 3.8) is 0 Å². The zero-order valence-corrected chi connectivity index (χ0v) is 11.5. The van der Waals surface area contributed by atoms with E-state index in [1.54, 1.807) is 13.2 Å². The van der Waals surface area contributed by atoms with Gasteiger partial charge in [-0.1, -0.05) is 0 Å². The molecule has 1 aromatic heterocycles. The van der Waals surface area contributed by atoms with Gasteiger partial charge in [-0.15, -0.1) is 0 Å². The van der Waals surface area contributed by atoms with Gasteiger partial charge >= 0.3 is 0 Å². The smallest absolute Gasteiger partial charge is 0.282 e. The predicted octanol–water partition coefficient (Wildman–Crippen LogP) is 1.10. The largest absolute Gasteiger partial charge is 0.383 e. The van der Waals surface area contributed by atoms with Crippen LogP contribution >= 0.6 is 15.9 Å². The molecule has 6 heteroatoms. The number of anilines is 1. The summed E-state index contributed by atoms with van der Waals surface area (Å²) in [7, 11) is 1.64. The number of aromatic nitrogens is 2. The van der Waals surface area contributed by atoms with E-state index < -0.39 is 0 Å². The predicted molar refractivity (Wildman–Crippen MR) is 71.3 cm³/mol. The third kappa shape index (κ3) is 3.07. The van der Waals surface area contributed by atoms with E-state index in [1.807, 2.05) is 0 Å². The van der Waals surface area contributed by atoms with Crippen molar-refractivity contribution in [2.45, 2.75) is 25.3 Å².